The number of rotatable bonds is 5. The third kappa shape index (κ3) is 5.32. The lowest BCUT2D eigenvalue weighted by molar-refractivity contribution is -0.221. The molecule has 0 saturated heterocycles. The van der Waals surface area contributed by atoms with Gasteiger partial charge in [-0.15, -0.1) is 0 Å². The van der Waals surface area contributed by atoms with Gasteiger partial charge < -0.3 is 4.89 Å². The molecule has 0 aliphatic carbocycles. The van der Waals surface area contributed by atoms with Crippen LogP contribution in [0.15, 0.2) is 0 Å². The molecule has 90 valence electrons. The molecule has 4 heteroatoms. The molecule has 0 amide bonds. The SMILES string of the molecule is CCCCC(=O)OO[Si](C)(C)C(C)(C)C. The van der Waals surface area contributed by atoms with Crippen molar-refractivity contribution in [2.45, 2.75) is 65.1 Å². The Labute approximate surface area is 94.2 Å². The summed E-state index contributed by atoms with van der Waals surface area (Å²) in [4.78, 5) is 16.1. The number of hydrogen-bond acceptors (Lipinski definition) is 3. The molecule has 15 heavy (non-hydrogen) atoms. The first-order valence-corrected chi connectivity index (χ1v) is 8.50. The Hall–Kier alpha value is -0.353. The van der Waals surface area contributed by atoms with E-state index in [4.69, 9.17) is 9.46 Å². The zero-order valence-corrected chi connectivity index (χ0v) is 11.8. The van der Waals surface area contributed by atoms with Gasteiger partial charge >= 0.3 is 5.97 Å². The lowest BCUT2D eigenvalue weighted by Gasteiger charge is -2.33. The molecular weight excluding hydrogens is 208 g/mol. The summed E-state index contributed by atoms with van der Waals surface area (Å²) in [5, 5.41) is 0.0675. The Kier molecular flexibility index (Phi) is 5.52. The molecule has 0 radical (unpaired) electrons. The van der Waals surface area contributed by atoms with Gasteiger partial charge in [0.2, 0.25) is 0 Å². The summed E-state index contributed by atoms with van der Waals surface area (Å²) in [6.45, 7) is 12.5. The van der Waals surface area contributed by atoms with Crippen molar-refractivity contribution in [2.24, 2.45) is 0 Å². The lowest BCUT2D eigenvalue weighted by Crippen LogP contribution is -2.41. The molecule has 0 aromatic rings. The zero-order valence-electron chi connectivity index (χ0n) is 10.8. The van der Waals surface area contributed by atoms with Gasteiger partial charge in [0.05, 0.1) is 0 Å². The van der Waals surface area contributed by atoms with Crippen LogP contribution in [0.5, 0.6) is 0 Å². The first-order valence-electron chi connectivity index (χ1n) is 5.59. The standard InChI is InChI=1S/C11H24O3Si/c1-7-8-9-10(12)13-14-15(5,6)11(2,3)4/h7-9H2,1-6H3. The highest BCUT2D eigenvalue weighted by Crippen LogP contribution is 2.36. The average molecular weight is 232 g/mol. The molecule has 0 saturated carbocycles. The Balaban J connectivity index is 3.99. The Morgan fingerprint density at radius 1 is 1.27 bits per heavy atom. The van der Waals surface area contributed by atoms with Crippen molar-refractivity contribution >= 4 is 14.3 Å². The van der Waals surface area contributed by atoms with Crippen molar-refractivity contribution in [1.29, 1.82) is 0 Å². The van der Waals surface area contributed by atoms with Gasteiger partial charge in [-0.2, -0.15) is 0 Å². The first kappa shape index (κ1) is 14.6. The molecule has 0 spiro atoms. The maximum atomic E-state index is 11.3. The third-order valence-corrected chi connectivity index (χ3v) is 7.00. The topological polar surface area (TPSA) is 35.5 Å². The second kappa shape index (κ2) is 5.65. The fraction of sp³-hybridized carbons (Fsp3) is 0.909. The highest BCUT2D eigenvalue weighted by atomic mass is 28.4. The van der Waals surface area contributed by atoms with Gasteiger partial charge in [0.25, 0.3) is 8.32 Å². The molecule has 3 nitrogen and oxygen atoms in total. The third-order valence-electron chi connectivity index (χ3n) is 2.88. The Bertz CT molecular complexity index is 206. The quantitative estimate of drug-likeness (QED) is 0.412. The van der Waals surface area contributed by atoms with Crippen LogP contribution < -0.4 is 0 Å². The van der Waals surface area contributed by atoms with E-state index in [0.29, 0.717) is 6.42 Å². The van der Waals surface area contributed by atoms with Crippen LogP contribution in [0.1, 0.15) is 47.0 Å². The van der Waals surface area contributed by atoms with Gasteiger partial charge in [-0.1, -0.05) is 34.1 Å². The zero-order chi connectivity index (χ0) is 12.1. The molecular formula is C11H24O3Si. The Morgan fingerprint density at radius 2 is 1.80 bits per heavy atom. The van der Waals surface area contributed by atoms with Crippen molar-refractivity contribution in [3.63, 3.8) is 0 Å². The summed E-state index contributed by atoms with van der Waals surface area (Å²) in [6, 6.07) is 0. The van der Waals surface area contributed by atoms with Crippen molar-refractivity contribution < 1.29 is 14.3 Å². The molecule has 0 aromatic heterocycles. The number of hydrogen-bond donors (Lipinski definition) is 0. The van der Waals surface area contributed by atoms with Crippen molar-refractivity contribution in [3.05, 3.63) is 0 Å². The van der Waals surface area contributed by atoms with Gasteiger partial charge in [-0.3, -0.25) is 0 Å². The molecule has 0 aliphatic heterocycles. The smallest absolute Gasteiger partial charge is 0.310 e. The summed E-state index contributed by atoms with van der Waals surface area (Å²) in [7, 11) is -1.95. The van der Waals surface area contributed by atoms with Crippen LogP contribution in [0.4, 0.5) is 0 Å². The minimum absolute atomic E-state index is 0.0675. The maximum absolute atomic E-state index is 11.3. The van der Waals surface area contributed by atoms with E-state index < -0.39 is 8.32 Å². The fourth-order valence-electron chi connectivity index (χ4n) is 0.638. The molecule has 0 rings (SSSR count). The highest BCUT2D eigenvalue weighted by molar-refractivity contribution is 6.73. The van der Waals surface area contributed by atoms with Crippen molar-refractivity contribution in [1.82, 2.24) is 0 Å². The van der Waals surface area contributed by atoms with E-state index in [0.717, 1.165) is 12.8 Å². The summed E-state index contributed by atoms with van der Waals surface area (Å²) in [5.74, 6) is -0.248. The van der Waals surface area contributed by atoms with E-state index >= 15 is 0 Å². The van der Waals surface area contributed by atoms with Crippen LogP contribution in [0.2, 0.25) is 18.1 Å². The van der Waals surface area contributed by atoms with E-state index in [9.17, 15) is 4.79 Å². The summed E-state index contributed by atoms with van der Waals surface area (Å²) in [5.41, 5.74) is 0. The Morgan fingerprint density at radius 3 is 2.20 bits per heavy atom. The summed E-state index contributed by atoms with van der Waals surface area (Å²) >= 11 is 0. The normalized spacial score (nSPS) is 12.7. The van der Waals surface area contributed by atoms with Crippen molar-refractivity contribution in [2.75, 3.05) is 0 Å². The van der Waals surface area contributed by atoms with Crippen LogP contribution in [0.25, 0.3) is 0 Å². The largest absolute Gasteiger partial charge is 0.340 e. The van der Waals surface area contributed by atoms with E-state index in [1.54, 1.807) is 0 Å². The van der Waals surface area contributed by atoms with E-state index in [2.05, 4.69) is 33.9 Å². The molecule has 0 bridgehead atoms. The van der Waals surface area contributed by atoms with Gasteiger partial charge in [0.15, 0.2) is 0 Å². The van der Waals surface area contributed by atoms with Crippen LogP contribution in [0.3, 0.4) is 0 Å². The molecule has 0 unspecified atom stereocenters. The molecule has 0 atom stereocenters. The monoisotopic (exact) mass is 232 g/mol. The predicted molar refractivity (Wildman–Crippen MR) is 63.9 cm³/mol. The van der Waals surface area contributed by atoms with E-state index in [1.807, 2.05) is 6.92 Å². The fourth-order valence-corrected chi connectivity index (χ4v) is 1.19. The summed E-state index contributed by atoms with van der Waals surface area (Å²) in [6.07, 6.45) is 2.31. The number of carbonyl (C=O) groups excluding carboxylic acids is 1. The second-order valence-corrected chi connectivity index (χ2v) is 10.1. The minimum atomic E-state index is -1.95. The van der Waals surface area contributed by atoms with Gasteiger partial charge in [-0.25, -0.2) is 9.37 Å². The molecule has 0 N–H and O–H groups in total. The second-order valence-electron chi connectivity index (χ2n) is 5.40. The number of carbonyl (C=O) groups is 1. The summed E-state index contributed by atoms with van der Waals surface area (Å²) < 4.78 is 5.34. The maximum Gasteiger partial charge on any atom is 0.340 e. The molecule has 0 aromatic carbocycles. The highest BCUT2D eigenvalue weighted by Gasteiger charge is 2.40. The molecule has 0 fully saturated rings. The lowest BCUT2D eigenvalue weighted by atomic mass is 10.2. The minimum Gasteiger partial charge on any atom is -0.310 e. The van der Waals surface area contributed by atoms with Gasteiger partial charge in [-0.05, 0) is 24.6 Å². The van der Waals surface area contributed by atoms with Crippen molar-refractivity contribution in [3.8, 4) is 0 Å². The van der Waals surface area contributed by atoms with E-state index in [1.165, 1.54) is 0 Å². The van der Waals surface area contributed by atoms with Crippen LogP contribution >= 0.6 is 0 Å². The average Bonchev–Trinajstić information content (AvgIpc) is 2.09. The first-order chi connectivity index (χ1) is 6.70. The van der Waals surface area contributed by atoms with E-state index in [-0.39, 0.29) is 11.0 Å². The van der Waals surface area contributed by atoms with Gasteiger partial charge in [0, 0.05) is 6.42 Å². The molecule has 0 aliphatic rings. The van der Waals surface area contributed by atoms with Crippen LogP contribution in [-0.2, 0) is 14.3 Å². The number of unbranched alkanes of at least 4 members (excludes halogenated alkanes) is 1. The van der Waals surface area contributed by atoms with Crippen LogP contribution in [0, 0.1) is 0 Å². The molecule has 0 heterocycles. The van der Waals surface area contributed by atoms with Crippen LogP contribution in [-0.4, -0.2) is 14.3 Å². The van der Waals surface area contributed by atoms with Gasteiger partial charge in [0.1, 0.15) is 0 Å². The predicted octanol–water partition coefficient (Wildman–Crippen LogP) is 3.66.